The fraction of sp³-hybridized carbons (Fsp3) is 0.200. The van der Waals surface area contributed by atoms with Crippen LogP contribution < -0.4 is 5.73 Å². The van der Waals surface area contributed by atoms with Crippen LogP contribution in [0.25, 0.3) is 0 Å². The molecule has 0 aromatic carbocycles. The number of hydrogen-bond donors (Lipinski definition) is 2. The predicted octanol–water partition coefficient (Wildman–Crippen LogP) is 0.698. The summed E-state index contributed by atoms with van der Waals surface area (Å²) >= 11 is 1.46. The van der Waals surface area contributed by atoms with Crippen molar-refractivity contribution in [2.24, 2.45) is 5.73 Å². The fourth-order valence-corrected chi connectivity index (χ4v) is 1.07. The van der Waals surface area contributed by atoms with Crippen molar-refractivity contribution < 1.29 is 5.11 Å². The van der Waals surface area contributed by atoms with E-state index in [-0.39, 0.29) is 0 Å². The highest BCUT2D eigenvalue weighted by Gasteiger charge is 1.97. The average molecular weight is 129 g/mol. The molecule has 0 spiro atoms. The van der Waals surface area contributed by atoms with E-state index in [2.05, 4.69) is 0 Å². The summed E-state index contributed by atoms with van der Waals surface area (Å²) in [4.78, 5) is 0.810. The SMILES string of the molecule is N[C@H](O)c1cccs1. The summed E-state index contributed by atoms with van der Waals surface area (Å²) in [6, 6.07) is 3.66. The smallest absolute Gasteiger partial charge is 0.137 e. The molecule has 0 unspecified atom stereocenters. The van der Waals surface area contributed by atoms with Crippen molar-refractivity contribution in [1.82, 2.24) is 0 Å². The van der Waals surface area contributed by atoms with Crippen LogP contribution in [0.3, 0.4) is 0 Å². The number of rotatable bonds is 1. The maximum atomic E-state index is 8.70. The van der Waals surface area contributed by atoms with Crippen LogP contribution in [0.15, 0.2) is 17.5 Å². The first-order valence-electron chi connectivity index (χ1n) is 2.28. The van der Waals surface area contributed by atoms with Crippen LogP contribution in [0.5, 0.6) is 0 Å². The predicted molar refractivity (Wildman–Crippen MR) is 33.5 cm³/mol. The third-order valence-corrected chi connectivity index (χ3v) is 1.78. The van der Waals surface area contributed by atoms with Crippen LogP contribution in [-0.4, -0.2) is 5.11 Å². The molecule has 1 heterocycles. The van der Waals surface area contributed by atoms with Gasteiger partial charge in [0, 0.05) is 4.88 Å². The van der Waals surface area contributed by atoms with E-state index in [4.69, 9.17) is 10.8 Å². The molecule has 2 nitrogen and oxygen atoms in total. The van der Waals surface area contributed by atoms with E-state index in [0.717, 1.165) is 4.88 Å². The minimum Gasteiger partial charge on any atom is -0.374 e. The van der Waals surface area contributed by atoms with Crippen molar-refractivity contribution in [3.63, 3.8) is 0 Å². The molecule has 1 rings (SSSR count). The lowest BCUT2D eigenvalue weighted by atomic mass is 10.4. The molecule has 8 heavy (non-hydrogen) atoms. The molecule has 0 aliphatic heterocycles. The largest absolute Gasteiger partial charge is 0.374 e. The summed E-state index contributed by atoms with van der Waals surface area (Å²) in [6.07, 6.45) is -0.796. The van der Waals surface area contributed by atoms with Crippen molar-refractivity contribution in [2.75, 3.05) is 0 Å². The van der Waals surface area contributed by atoms with Gasteiger partial charge in [-0.15, -0.1) is 11.3 Å². The van der Waals surface area contributed by atoms with Crippen molar-refractivity contribution in [2.45, 2.75) is 6.23 Å². The van der Waals surface area contributed by atoms with Crippen LogP contribution in [0.2, 0.25) is 0 Å². The second kappa shape index (κ2) is 2.26. The van der Waals surface area contributed by atoms with Gasteiger partial charge in [-0.3, -0.25) is 0 Å². The average Bonchev–Trinajstić information content (AvgIpc) is 2.12. The van der Waals surface area contributed by atoms with Gasteiger partial charge in [-0.25, -0.2) is 0 Å². The Bertz CT molecular complexity index is 147. The molecule has 44 valence electrons. The Morgan fingerprint density at radius 2 is 2.50 bits per heavy atom. The summed E-state index contributed by atoms with van der Waals surface area (Å²) in [5.41, 5.74) is 5.12. The Labute approximate surface area is 51.6 Å². The molecule has 0 saturated carbocycles. The Kier molecular flexibility index (Phi) is 1.62. The molecule has 0 fully saturated rings. The van der Waals surface area contributed by atoms with Crippen molar-refractivity contribution in [3.05, 3.63) is 22.4 Å². The lowest BCUT2D eigenvalue weighted by Gasteiger charge is -1.95. The Balaban J connectivity index is 2.77. The first-order valence-corrected chi connectivity index (χ1v) is 3.16. The van der Waals surface area contributed by atoms with E-state index in [1.165, 1.54) is 11.3 Å². The highest BCUT2D eigenvalue weighted by Crippen LogP contribution is 2.13. The zero-order valence-electron chi connectivity index (χ0n) is 4.24. The van der Waals surface area contributed by atoms with Crippen molar-refractivity contribution in [3.8, 4) is 0 Å². The van der Waals surface area contributed by atoms with Gasteiger partial charge in [0.15, 0.2) is 0 Å². The lowest BCUT2D eigenvalue weighted by Crippen LogP contribution is -2.05. The summed E-state index contributed by atoms with van der Waals surface area (Å²) in [7, 11) is 0. The monoisotopic (exact) mass is 129 g/mol. The fourth-order valence-electron chi connectivity index (χ4n) is 0.460. The minimum absolute atomic E-state index is 0.796. The third kappa shape index (κ3) is 1.06. The first kappa shape index (κ1) is 5.75. The molecule has 0 amide bonds. The van der Waals surface area contributed by atoms with Crippen molar-refractivity contribution >= 4 is 11.3 Å². The van der Waals surface area contributed by atoms with Crippen LogP contribution in [-0.2, 0) is 0 Å². The van der Waals surface area contributed by atoms with Crippen LogP contribution in [0.4, 0.5) is 0 Å². The van der Waals surface area contributed by atoms with Gasteiger partial charge in [-0.05, 0) is 11.4 Å². The van der Waals surface area contributed by atoms with E-state index in [9.17, 15) is 0 Å². The molecule has 1 atom stereocenters. The van der Waals surface area contributed by atoms with E-state index < -0.39 is 6.23 Å². The zero-order chi connectivity index (χ0) is 5.98. The van der Waals surface area contributed by atoms with Gasteiger partial charge < -0.3 is 10.8 Å². The normalized spacial score (nSPS) is 13.8. The summed E-state index contributed by atoms with van der Waals surface area (Å²) in [6.45, 7) is 0. The summed E-state index contributed by atoms with van der Waals surface area (Å²) in [5, 5.41) is 10.6. The van der Waals surface area contributed by atoms with Gasteiger partial charge in [0.25, 0.3) is 0 Å². The first-order chi connectivity index (χ1) is 3.80. The van der Waals surface area contributed by atoms with Crippen molar-refractivity contribution in [1.29, 1.82) is 0 Å². The van der Waals surface area contributed by atoms with Gasteiger partial charge in [0.05, 0.1) is 0 Å². The van der Waals surface area contributed by atoms with E-state index in [0.29, 0.717) is 0 Å². The quantitative estimate of drug-likeness (QED) is 0.548. The minimum atomic E-state index is -0.796. The van der Waals surface area contributed by atoms with Gasteiger partial charge in [0.2, 0.25) is 0 Å². The summed E-state index contributed by atoms with van der Waals surface area (Å²) < 4.78 is 0. The highest BCUT2D eigenvalue weighted by molar-refractivity contribution is 7.10. The van der Waals surface area contributed by atoms with Crippen LogP contribution in [0, 0.1) is 0 Å². The molecule has 0 aliphatic rings. The van der Waals surface area contributed by atoms with E-state index >= 15 is 0 Å². The maximum Gasteiger partial charge on any atom is 0.137 e. The number of aliphatic hydroxyl groups excluding tert-OH is 1. The topological polar surface area (TPSA) is 46.2 Å². The lowest BCUT2D eigenvalue weighted by molar-refractivity contribution is 0.190. The molecule has 3 N–H and O–H groups in total. The van der Waals surface area contributed by atoms with E-state index in [1.807, 2.05) is 11.4 Å². The van der Waals surface area contributed by atoms with Gasteiger partial charge in [0.1, 0.15) is 6.23 Å². The molecular formula is C5H7NOS. The molecule has 1 aromatic rings. The van der Waals surface area contributed by atoms with Gasteiger partial charge >= 0.3 is 0 Å². The summed E-state index contributed by atoms with van der Waals surface area (Å²) in [5.74, 6) is 0. The molecule has 0 radical (unpaired) electrons. The number of aliphatic hydroxyl groups is 1. The molecule has 0 bridgehead atoms. The standard InChI is InChI=1S/C5H7NOS/c6-5(7)4-2-1-3-8-4/h1-3,5,7H,6H2/t5-/m1/s1. The molecular weight excluding hydrogens is 122 g/mol. The molecule has 3 heteroatoms. The second-order valence-corrected chi connectivity index (χ2v) is 2.44. The van der Waals surface area contributed by atoms with Gasteiger partial charge in [-0.1, -0.05) is 6.07 Å². The zero-order valence-corrected chi connectivity index (χ0v) is 5.06. The third-order valence-electron chi connectivity index (χ3n) is 0.835. The van der Waals surface area contributed by atoms with Gasteiger partial charge in [-0.2, -0.15) is 0 Å². The van der Waals surface area contributed by atoms with Crippen LogP contribution in [0.1, 0.15) is 11.1 Å². The highest BCUT2D eigenvalue weighted by atomic mass is 32.1. The maximum absolute atomic E-state index is 8.70. The molecule has 0 saturated heterocycles. The number of hydrogen-bond acceptors (Lipinski definition) is 3. The second-order valence-electron chi connectivity index (χ2n) is 1.46. The Hall–Kier alpha value is -0.380. The van der Waals surface area contributed by atoms with E-state index in [1.54, 1.807) is 6.07 Å². The van der Waals surface area contributed by atoms with Crippen LogP contribution >= 0.6 is 11.3 Å². The Morgan fingerprint density at radius 3 is 2.75 bits per heavy atom. The number of thiophene rings is 1. The molecule has 1 aromatic heterocycles. The number of nitrogens with two attached hydrogens (primary N) is 1. The molecule has 0 aliphatic carbocycles. The Morgan fingerprint density at radius 1 is 1.75 bits per heavy atom.